The van der Waals surface area contributed by atoms with E-state index in [2.05, 4.69) is 20.9 Å². The van der Waals surface area contributed by atoms with E-state index < -0.39 is 0 Å². The van der Waals surface area contributed by atoms with Gasteiger partial charge in [0.25, 0.3) is 0 Å². The van der Waals surface area contributed by atoms with Crippen LogP contribution in [0.5, 0.6) is 0 Å². The van der Waals surface area contributed by atoms with Gasteiger partial charge in [0, 0.05) is 52.6 Å². The molecule has 2 heterocycles. The van der Waals surface area contributed by atoms with Gasteiger partial charge in [-0.2, -0.15) is 0 Å². The van der Waals surface area contributed by atoms with Gasteiger partial charge in [-0.1, -0.05) is 6.07 Å². The lowest BCUT2D eigenvalue weighted by atomic mass is 10.3. The first kappa shape index (κ1) is 12.3. The molecule has 1 aliphatic rings. The van der Waals surface area contributed by atoms with Crippen molar-refractivity contribution in [2.24, 2.45) is 0 Å². The van der Waals surface area contributed by atoms with Gasteiger partial charge < -0.3 is 9.64 Å². The number of methoxy groups -OCH3 is 1. The largest absolute Gasteiger partial charge is 0.385 e. The van der Waals surface area contributed by atoms with E-state index in [1.54, 1.807) is 7.11 Å². The van der Waals surface area contributed by atoms with Crippen molar-refractivity contribution in [3.63, 3.8) is 0 Å². The Morgan fingerprint density at radius 2 is 2.06 bits per heavy atom. The number of nitrogens with zero attached hydrogens (tertiary/aromatic N) is 3. The topological polar surface area (TPSA) is 28.6 Å². The molecule has 4 nitrogen and oxygen atoms in total. The van der Waals surface area contributed by atoms with E-state index in [0.717, 1.165) is 51.6 Å². The van der Waals surface area contributed by atoms with Crippen LogP contribution in [0, 0.1) is 0 Å². The highest BCUT2D eigenvalue weighted by Gasteiger charge is 2.16. The molecule has 0 saturated carbocycles. The third-order valence-corrected chi connectivity index (χ3v) is 3.17. The molecule has 0 amide bonds. The van der Waals surface area contributed by atoms with E-state index in [1.807, 2.05) is 18.3 Å². The lowest BCUT2D eigenvalue weighted by Crippen LogP contribution is -2.47. The summed E-state index contributed by atoms with van der Waals surface area (Å²) in [5.74, 6) is 1.10. The van der Waals surface area contributed by atoms with Crippen LogP contribution < -0.4 is 4.90 Å². The van der Waals surface area contributed by atoms with Gasteiger partial charge in [0.15, 0.2) is 0 Å². The summed E-state index contributed by atoms with van der Waals surface area (Å²) in [5, 5.41) is 0. The SMILES string of the molecule is COCCCN1CCN(c2ccccn2)CC1. The second kappa shape index (κ2) is 6.57. The Hall–Kier alpha value is -1.13. The van der Waals surface area contributed by atoms with Gasteiger partial charge in [-0.25, -0.2) is 4.98 Å². The molecule has 94 valence electrons. The summed E-state index contributed by atoms with van der Waals surface area (Å²) < 4.78 is 5.08. The van der Waals surface area contributed by atoms with E-state index in [1.165, 1.54) is 0 Å². The molecule has 2 rings (SSSR count). The van der Waals surface area contributed by atoms with Crippen molar-refractivity contribution in [3.8, 4) is 0 Å². The number of ether oxygens (including phenoxy) is 1. The first-order valence-corrected chi connectivity index (χ1v) is 6.27. The zero-order valence-corrected chi connectivity index (χ0v) is 10.5. The van der Waals surface area contributed by atoms with Crippen LogP contribution in [0.25, 0.3) is 0 Å². The predicted octanol–water partition coefficient (Wildman–Crippen LogP) is 1.24. The second-order valence-corrected chi connectivity index (χ2v) is 4.36. The highest BCUT2D eigenvalue weighted by Crippen LogP contribution is 2.12. The van der Waals surface area contributed by atoms with Crippen LogP contribution in [0.4, 0.5) is 5.82 Å². The maximum atomic E-state index is 5.08. The smallest absolute Gasteiger partial charge is 0.128 e. The lowest BCUT2D eigenvalue weighted by molar-refractivity contribution is 0.169. The zero-order chi connectivity index (χ0) is 11.9. The van der Waals surface area contributed by atoms with Gasteiger partial charge in [0.05, 0.1) is 0 Å². The molecule has 0 radical (unpaired) electrons. The fourth-order valence-electron chi connectivity index (χ4n) is 2.17. The van der Waals surface area contributed by atoms with Gasteiger partial charge in [-0.15, -0.1) is 0 Å². The molecule has 0 aromatic carbocycles. The normalized spacial score (nSPS) is 17.4. The minimum atomic E-state index is 0.862. The molecule has 0 N–H and O–H groups in total. The summed E-state index contributed by atoms with van der Waals surface area (Å²) in [6, 6.07) is 6.10. The van der Waals surface area contributed by atoms with E-state index in [-0.39, 0.29) is 0 Å². The monoisotopic (exact) mass is 235 g/mol. The quantitative estimate of drug-likeness (QED) is 0.718. The molecule has 1 aromatic heterocycles. The number of pyridine rings is 1. The number of piperazine rings is 1. The molecule has 17 heavy (non-hydrogen) atoms. The lowest BCUT2D eigenvalue weighted by Gasteiger charge is -2.35. The van der Waals surface area contributed by atoms with Crippen molar-refractivity contribution < 1.29 is 4.74 Å². The molecule has 0 bridgehead atoms. The molecule has 1 saturated heterocycles. The van der Waals surface area contributed by atoms with Gasteiger partial charge in [0.1, 0.15) is 5.82 Å². The molecule has 4 heteroatoms. The first-order chi connectivity index (χ1) is 8.40. The van der Waals surface area contributed by atoms with Crippen LogP contribution >= 0.6 is 0 Å². The molecule has 0 unspecified atom stereocenters. The van der Waals surface area contributed by atoms with E-state index >= 15 is 0 Å². The number of hydrogen-bond acceptors (Lipinski definition) is 4. The summed E-state index contributed by atoms with van der Waals surface area (Å²) >= 11 is 0. The van der Waals surface area contributed by atoms with Crippen molar-refractivity contribution in [1.82, 2.24) is 9.88 Å². The first-order valence-electron chi connectivity index (χ1n) is 6.27. The minimum Gasteiger partial charge on any atom is -0.385 e. The number of anilines is 1. The molecular weight excluding hydrogens is 214 g/mol. The molecule has 0 aliphatic carbocycles. The molecule has 1 aliphatic heterocycles. The van der Waals surface area contributed by atoms with E-state index in [0.29, 0.717) is 0 Å². The molecule has 1 aromatic rings. The Morgan fingerprint density at radius 1 is 1.24 bits per heavy atom. The standard InChI is InChI=1S/C13H21N3O/c1-17-12-4-7-15-8-10-16(11-9-15)13-5-2-3-6-14-13/h2-3,5-6H,4,7-12H2,1H3. The summed E-state index contributed by atoms with van der Waals surface area (Å²) in [5.41, 5.74) is 0. The van der Waals surface area contributed by atoms with E-state index in [4.69, 9.17) is 4.74 Å². The second-order valence-electron chi connectivity index (χ2n) is 4.36. The van der Waals surface area contributed by atoms with Crippen LogP contribution in [0.1, 0.15) is 6.42 Å². The highest BCUT2D eigenvalue weighted by atomic mass is 16.5. The summed E-state index contributed by atoms with van der Waals surface area (Å²) in [6.45, 7) is 6.40. The molecule has 0 atom stereocenters. The van der Waals surface area contributed by atoms with Crippen LogP contribution in [-0.4, -0.2) is 56.3 Å². The third kappa shape index (κ3) is 3.68. The van der Waals surface area contributed by atoms with Gasteiger partial charge in [-0.3, -0.25) is 4.90 Å². The number of rotatable bonds is 5. The zero-order valence-electron chi connectivity index (χ0n) is 10.5. The van der Waals surface area contributed by atoms with Crippen molar-refractivity contribution in [2.45, 2.75) is 6.42 Å². The Morgan fingerprint density at radius 3 is 2.71 bits per heavy atom. The van der Waals surface area contributed by atoms with Gasteiger partial charge in [0.2, 0.25) is 0 Å². The summed E-state index contributed by atoms with van der Waals surface area (Å²) in [6.07, 6.45) is 2.99. The van der Waals surface area contributed by atoms with Crippen molar-refractivity contribution in [1.29, 1.82) is 0 Å². The fraction of sp³-hybridized carbons (Fsp3) is 0.615. The maximum absolute atomic E-state index is 5.08. The molecule has 1 fully saturated rings. The van der Waals surface area contributed by atoms with Crippen LogP contribution in [-0.2, 0) is 4.74 Å². The van der Waals surface area contributed by atoms with Gasteiger partial charge >= 0.3 is 0 Å². The Balaban J connectivity index is 1.74. The summed E-state index contributed by atoms with van der Waals surface area (Å²) in [4.78, 5) is 9.24. The van der Waals surface area contributed by atoms with Crippen molar-refractivity contribution in [2.75, 3.05) is 51.3 Å². The Bertz CT molecular complexity index is 310. The highest BCUT2D eigenvalue weighted by molar-refractivity contribution is 5.38. The van der Waals surface area contributed by atoms with E-state index in [9.17, 15) is 0 Å². The molecule has 0 spiro atoms. The van der Waals surface area contributed by atoms with Gasteiger partial charge in [-0.05, 0) is 18.6 Å². The van der Waals surface area contributed by atoms with Crippen LogP contribution in [0.15, 0.2) is 24.4 Å². The Labute approximate surface area is 103 Å². The van der Waals surface area contributed by atoms with Crippen molar-refractivity contribution >= 4 is 5.82 Å². The minimum absolute atomic E-state index is 0.862. The van der Waals surface area contributed by atoms with Crippen molar-refractivity contribution in [3.05, 3.63) is 24.4 Å². The average molecular weight is 235 g/mol. The van der Waals surface area contributed by atoms with Crippen LogP contribution in [0.2, 0.25) is 0 Å². The predicted molar refractivity (Wildman–Crippen MR) is 69.4 cm³/mol. The number of aromatic nitrogens is 1. The van der Waals surface area contributed by atoms with Crippen LogP contribution in [0.3, 0.4) is 0 Å². The number of hydrogen-bond donors (Lipinski definition) is 0. The maximum Gasteiger partial charge on any atom is 0.128 e. The third-order valence-electron chi connectivity index (χ3n) is 3.17. The molecular formula is C13H21N3O. The fourth-order valence-corrected chi connectivity index (χ4v) is 2.17. The Kier molecular flexibility index (Phi) is 4.76. The summed E-state index contributed by atoms with van der Waals surface area (Å²) in [7, 11) is 1.76. The average Bonchev–Trinajstić information content (AvgIpc) is 2.41.